The van der Waals surface area contributed by atoms with Crippen molar-refractivity contribution in [2.24, 2.45) is 0 Å². The number of rotatable bonds is 7. The largest absolute Gasteiger partial charge is 0.493 e. The van der Waals surface area contributed by atoms with Crippen LogP contribution >= 0.6 is 0 Å². The van der Waals surface area contributed by atoms with Crippen molar-refractivity contribution >= 4 is 5.91 Å². The minimum atomic E-state index is -0.274. The topological polar surface area (TPSA) is 82.4 Å². The van der Waals surface area contributed by atoms with Crippen LogP contribution in [0.3, 0.4) is 0 Å². The van der Waals surface area contributed by atoms with E-state index in [-0.39, 0.29) is 18.1 Å². The first kappa shape index (κ1) is 16.5. The summed E-state index contributed by atoms with van der Waals surface area (Å²) in [4.78, 5) is 27.5. The van der Waals surface area contributed by atoms with Crippen LogP contribution in [0.4, 0.5) is 0 Å². The normalized spacial score (nSPS) is 10.2. The van der Waals surface area contributed by atoms with Crippen LogP contribution in [-0.2, 0) is 11.3 Å². The van der Waals surface area contributed by atoms with Gasteiger partial charge in [-0.1, -0.05) is 12.1 Å². The van der Waals surface area contributed by atoms with E-state index in [0.717, 1.165) is 0 Å². The third-order valence-electron chi connectivity index (χ3n) is 3.12. The van der Waals surface area contributed by atoms with E-state index in [9.17, 15) is 9.59 Å². The van der Waals surface area contributed by atoms with Gasteiger partial charge in [-0.25, -0.2) is 4.98 Å². The number of methoxy groups -OCH3 is 1. The van der Waals surface area contributed by atoms with E-state index in [1.165, 1.54) is 24.1 Å². The summed E-state index contributed by atoms with van der Waals surface area (Å²) in [6, 6.07) is 8.55. The smallest absolute Gasteiger partial charge is 0.258 e. The first-order chi connectivity index (χ1) is 11.1. The highest BCUT2D eigenvalue weighted by Crippen LogP contribution is 2.25. The molecule has 0 aliphatic carbocycles. The van der Waals surface area contributed by atoms with Crippen molar-refractivity contribution in [3.8, 4) is 11.5 Å². The van der Waals surface area contributed by atoms with Crippen molar-refractivity contribution in [1.29, 1.82) is 0 Å². The number of amides is 1. The Morgan fingerprint density at radius 1 is 1.30 bits per heavy atom. The van der Waals surface area contributed by atoms with Crippen LogP contribution in [0.2, 0.25) is 0 Å². The fourth-order valence-corrected chi connectivity index (χ4v) is 1.93. The Hall–Kier alpha value is -2.83. The molecule has 0 radical (unpaired) electrons. The van der Waals surface area contributed by atoms with Crippen LogP contribution in [0.15, 0.2) is 41.5 Å². The number of aryl methyl sites for hydroxylation is 1. The molecule has 0 unspecified atom stereocenters. The molecule has 122 valence electrons. The van der Waals surface area contributed by atoms with Gasteiger partial charge in [0, 0.05) is 24.8 Å². The van der Waals surface area contributed by atoms with Crippen molar-refractivity contribution in [3.05, 3.63) is 52.7 Å². The van der Waals surface area contributed by atoms with Crippen molar-refractivity contribution in [3.63, 3.8) is 0 Å². The van der Waals surface area contributed by atoms with Gasteiger partial charge in [-0.05, 0) is 19.1 Å². The molecule has 0 aliphatic heterocycles. The van der Waals surface area contributed by atoms with E-state index >= 15 is 0 Å². The van der Waals surface area contributed by atoms with Crippen LogP contribution in [-0.4, -0.2) is 35.7 Å². The number of nitrogens with zero attached hydrogens (tertiary/aromatic N) is 2. The quantitative estimate of drug-likeness (QED) is 0.815. The number of hydrogen-bond donors (Lipinski definition) is 1. The van der Waals surface area contributed by atoms with E-state index < -0.39 is 0 Å². The Labute approximate surface area is 133 Å². The van der Waals surface area contributed by atoms with Gasteiger partial charge in [0.1, 0.15) is 0 Å². The second-order valence-corrected chi connectivity index (χ2v) is 4.85. The van der Waals surface area contributed by atoms with Gasteiger partial charge in [0.05, 0.1) is 13.4 Å². The van der Waals surface area contributed by atoms with Gasteiger partial charge in [-0.2, -0.15) is 0 Å². The molecule has 0 aliphatic rings. The summed E-state index contributed by atoms with van der Waals surface area (Å²) in [7, 11) is 1.54. The Bertz CT molecular complexity index is 727. The molecule has 2 rings (SSSR count). The second-order valence-electron chi connectivity index (χ2n) is 4.85. The fraction of sp³-hybridized carbons (Fsp3) is 0.312. The number of benzene rings is 1. The van der Waals surface area contributed by atoms with Crippen molar-refractivity contribution < 1.29 is 14.3 Å². The molecule has 0 spiro atoms. The van der Waals surface area contributed by atoms with Crippen molar-refractivity contribution in [2.45, 2.75) is 13.5 Å². The number of hydrogen-bond acceptors (Lipinski definition) is 5. The van der Waals surface area contributed by atoms with Crippen molar-refractivity contribution in [1.82, 2.24) is 14.9 Å². The molecular weight excluding hydrogens is 298 g/mol. The number of ether oxygens (including phenoxy) is 2. The lowest BCUT2D eigenvalue weighted by molar-refractivity contribution is -0.123. The van der Waals surface area contributed by atoms with E-state index in [0.29, 0.717) is 30.3 Å². The zero-order valence-corrected chi connectivity index (χ0v) is 13.1. The monoisotopic (exact) mass is 317 g/mol. The third-order valence-corrected chi connectivity index (χ3v) is 3.12. The summed E-state index contributed by atoms with van der Waals surface area (Å²) < 4.78 is 12.0. The van der Waals surface area contributed by atoms with Gasteiger partial charge in [-0.15, -0.1) is 0 Å². The van der Waals surface area contributed by atoms with E-state index in [2.05, 4.69) is 10.3 Å². The molecule has 0 fully saturated rings. The lowest BCUT2D eigenvalue weighted by atomic mass is 10.3. The van der Waals surface area contributed by atoms with Crippen LogP contribution in [0.25, 0.3) is 0 Å². The molecule has 1 N–H and O–H groups in total. The number of carbonyl (C=O) groups is 1. The zero-order chi connectivity index (χ0) is 16.7. The molecule has 0 bridgehead atoms. The van der Waals surface area contributed by atoms with E-state index in [4.69, 9.17) is 9.47 Å². The Kier molecular flexibility index (Phi) is 5.74. The highest BCUT2D eigenvalue weighted by atomic mass is 16.5. The molecule has 23 heavy (non-hydrogen) atoms. The second kappa shape index (κ2) is 7.98. The summed E-state index contributed by atoms with van der Waals surface area (Å²) in [6.07, 6.45) is 1.47. The summed E-state index contributed by atoms with van der Waals surface area (Å²) in [5, 5.41) is 2.69. The molecular formula is C16H19N3O4. The first-order valence-electron chi connectivity index (χ1n) is 7.16. The molecule has 0 saturated carbocycles. The maximum Gasteiger partial charge on any atom is 0.258 e. The predicted octanol–water partition coefficient (Wildman–Crippen LogP) is 0.756. The van der Waals surface area contributed by atoms with Gasteiger partial charge in [-0.3, -0.25) is 14.2 Å². The number of nitrogens with one attached hydrogen (secondary N) is 1. The number of para-hydroxylation sites is 2. The van der Waals surface area contributed by atoms with Gasteiger partial charge in [0.2, 0.25) is 0 Å². The lowest BCUT2D eigenvalue weighted by Gasteiger charge is -2.11. The summed E-state index contributed by atoms with van der Waals surface area (Å²) >= 11 is 0. The van der Waals surface area contributed by atoms with Crippen molar-refractivity contribution in [2.75, 3.05) is 20.3 Å². The Morgan fingerprint density at radius 2 is 2.04 bits per heavy atom. The maximum absolute atomic E-state index is 11.8. The van der Waals surface area contributed by atoms with Crippen LogP contribution in [0.1, 0.15) is 5.69 Å². The van der Waals surface area contributed by atoms with Gasteiger partial charge in [0.15, 0.2) is 18.1 Å². The van der Waals surface area contributed by atoms with Gasteiger partial charge < -0.3 is 14.8 Å². The highest BCUT2D eigenvalue weighted by Gasteiger charge is 2.06. The molecule has 7 heteroatoms. The van der Waals surface area contributed by atoms with Gasteiger partial charge >= 0.3 is 0 Å². The highest BCUT2D eigenvalue weighted by molar-refractivity contribution is 5.77. The summed E-state index contributed by atoms with van der Waals surface area (Å²) in [5.74, 6) is 0.797. The summed E-state index contributed by atoms with van der Waals surface area (Å²) in [5.41, 5.74) is 0.525. The molecule has 1 amide bonds. The van der Waals surface area contributed by atoms with E-state index in [1.807, 2.05) is 6.07 Å². The minimum absolute atomic E-state index is 0.124. The Morgan fingerprint density at radius 3 is 2.74 bits per heavy atom. The molecule has 0 saturated heterocycles. The van der Waals surface area contributed by atoms with Crippen LogP contribution in [0.5, 0.6) is 11.5 Å². The first-order valence-corrected chi connectivity index (χ1v) is 7.16. The number of aromatic nitrogens is 2. The molecule has 0 atom stereocenters. The van der Waals surface area contributed by atoms with Crippen LogP contribution in [0, 0.1) is 6.92 Å². The average molecular weight is 317 g/mol. The lowest BCUT2D eigenvalue weighted by Crippen LogP contribution is -2.33. The maximum atomic E-state index is 11.8. The zero-order valence-electron chi connectivity index (χ0n) is 13.1. The molecule has 7 nitrogen and oxygen atoms in total. The molecule has 1 aromatic carbocycles. The molecule has 1 aromatic heterocycles. The predicted molar refractivity (Wildman–Crippen MR) is 84.7 cm³/mol. The molecule has 2 aromatic rings. The van der Waals surface area contributed by atoms with Crippen LogP contribution < -0.4 is 20.3 Å². The average Bonchev–Trinajstić information content (AvgIpc) is 2.55. The fourth-order valence-electron chi connectivity index (χ4n) is 1.93. The summed E-state index contributed by atoms with van der Waals surface area (Å²) in [6.45, 7) is 2.30. The molecule has 1 heterocycles. The Balaban J connectivity index is 1.78. The standard InChI is InChI=1S/C16H19N3O4/c1-12-9-16(21)19(11-18-12)8-7-17-15(20)10-23-14-6-4-3-5-13(14)22-2/h3-6,9,11H,7-8,10H2,1-2H3,(H,17,20). The minimum Gasteiger partial charge on any atom is -0.493 e. The SMILES string of the molecule is COc1ccccc1OCC(=O)NCCn1cnc(C)cc1=O. The van der Waals surface area contributed by atoms with E-state index in [1.54, 1.807) is 25.1 Å². The number of carbonyl (C=O) groups excluding carboxylic acids is 1. The van der Waals surface area contributed by atoms with Gasteiger partial charge in [0.25, 0.3) is 11.5 Å². The third kappa shape index (κ3) is 4.84.